The van der Waals surface area contributed by atoms with Crippen molar-refractivity contribution in [2.45, 2.75) is 31.7 Å². The number of benzene rings is 1. The Morgan fingerprint density at radius 2 is 2.21 bits per heavy atom. The number of fused-ring (bicyclic) bond motifs is 1. The summed E-state index contributed by atoms with van der Waals surface area (Å²) in [6.45, 7) is 1.85. The summed E-state index contributed by atoms with van der Waals surface area (Å²) >= 11 is 0. The predicted octanol–water partition coefficient (Wildman–Crippen LogP) is 2.34. The molecule has 4 nitrogen and oxygen atoms in total. The molecule has 0 radical (unpaired) electrons. The first-order valence-electron chi connectivity index (χ1n) is 7.07. The summed E-state index contributed by atoms with van der Waals surface area (Å²) in [5, 5.41) is 10.9. The van der Waals surface area contributed by atoms with E-state index in [1.807, 2.05) is 12.3 Å². The minimum atomic E-state index is 0.573. The molecule has 19 heavy (non-hydrogen) atoms. The van der Waals surface area contributed by atoms with Crippen molar-refractivity contribution in [3.05, 3.63) is 30.5 Å². The first kappa shape index (κ1) is 12.4. The highest BCUT2D eigenvalue weighted by molar-refractivity contribution is 5.91. The van der Waals surface area contributed by atoms with Crippen LogP contribution in [0.1, 0.15) is 25.7 Å². The highest BCUT2D eigenvalue weighted by Crippen LogP contribution is 2.31. The smallest absolute Gasteiger partial charge is 0.159 e. The number of anilines is 1. The fourth-order valence-corrected chi connectivity index (χ4v) is 2.99. The molecule has 1 unspecified atom stereocenters. The Balaban J connectivity index is 1.94. The van der Waals surface area contributed by atoms with Gasteiger partial charge in [-0.05, 0) is 32.2 Å². The summed E-state index contributed by atoms with van der Waals surface area (Å²) in [5.41, 5.74) is 5.63. The van der Waals surface area contributed by atoms with E-state index >= 15 is 0 Å². The minimum Gasteiger partial charge on any atom is -0.352 e. The van der Waals surface area contributed by atoms with Gasteiger partial charge in [0, 0.05) is 23.4 Å². The topological polar surface area (TPSA) is 55.0 Å². The average Bonchev–Trinajstić information content (AvgIpc) is 2.92. The van der Waals surface area contributed by atoms with Gasteiger partial charge >= 0.3 is 0 Å². The molecule has 3 rings (SSSR count). The van der Waals surface area contributed by atoms with Crippen LogP contribution in [0.2, 0.25) is 0 Å². The molecule has 2 heterocycles. The number of hydrogen-bond acceptors (Lipinski definition) is 4. The van der Waals surface area contributed by atoms with Crippen LogP contribution in [-0.4, -0.2) is 29.3 Å². The van der Waals surface area contributed by atoms with Gasteiger partial charge in [-0.3, -0.25) is 0 Å². The van der Waals surface area contributed by atoms with Crippen molar-refractivity contribution in [2.75, 3.05) is 18.0 Å². The monoisotopic (exact) mass is 256 g/mol. The second kappa shape index (κ2) is 5.53. The number of nitrogens with zero attached hydrogens (tertiary/aromatic N) is 3. The standard InChI is InChI=1S/C15H20N4/c16-9-3-6-13-7-4-10-19(13)15-14-8-2-1-5-12(14)11-17-18-15/h1-2,5,8,11,13H,3-4,6-7,9-10,16H2. The molecule has 0 spiro atoms. The molecule has 1 aliphatic rings. The lowest BCUT2D eigenvalue weighted by molar-refractivity contribution is 0.581. The molecule has 4 heteroatoms. The van der Waals surface area contributed by atoms with Gasteiger partial charge in [0.25, 0.3) is 0 Å². The van der Waals surface area contributed by atoms with Crippen molar-refractivity contribution in [1.29, 1.82) is 0 Å². The van der Waals surface area contributed by atoms with E-state index in [1.54, 1.807) is 0 Å². The van der Waals surface area contributed by atoms with Gasteiger partial charge in [0.2, 0.25) is 0 Å². The van der Waals surface area contributed by atoms with Crippen molar-refractivity contribution in [2.24, 2.45) is 5.73 Å². The Hall–Kier alpha value is -1.68. The first-order valence-corrected chi connectivity index (χ1v) is 7.07. The molecule has 1 aliphatic heterocycles. The Morgan fingerprint density at radius 3 is 3.11 bits per heavy atom. The maximum absolute atomic E-state index is 5.63. The Bertz CT molecular complexity index is 549. The lowest BCUT2D eigenvalue weighted by atomic mass is 10.1. The van der Waals surface area contributed by atoms with Crippen molar-refractivity contribution in [3.8, 4) is 0 Å². The number of aromatic nitrogens is 2. The maximum atomic E-state index is 5.63. The summed E-state index contributed by atoms with van der Waals surface area (Å²) in [6, 6.07) is 8.92. The van der Waals surface area contributed by atoms with E-state index in [0.29, 0.717) is 6.04 Å². The molecule has 0 amide bonds. The van der Waals surface area contributed by atoms with Crippen LogP contribution in [-0.2, 0) is 0 Å². The molecule has 0 saturated carbocycles. The number of hydrogen-bond donors (Lipinski definition) is 1. The van der Waals surface area contributed by atoms with E-state index in [9.17, 15) is 0 Å². The van der Waals surface area contributed by atoms with Gasteiger partial charge in [-0.25, -0.2) is 0 Å². The van der Waals surface area contributed by atoms with Gasteiger partial charge in [-0.1, -0.05) is 24.3 Å². The zero-order valence-electron chi connectivity index (χ0n) is 11.1. The van der Waals surface area contributed by atoms with E-state index in [0.717, 1.165) is 37.1 Å². The Kier molecular flexibility index (Phi) is 3.60. The van der Waals surface area contributed by atoms with Crippen LogP contribution >= 0.6 is 0 Å². The van der Waals surface area contributed by atoms with E-state index in [1.165, 1.54) is 18.2 Å². The fourth-order valence-electron chi connectivity index (χ4n) is 2.99. The van der Waals surface area contributed by atoms with Crippen LogP contribution in [0.4, 0.5) is 5.82 Å². The van der Waals surface area contributed by atoms with Crippen LogP contribution in [0.15, 0.2) is 30.5 Å². The quantitative estimate of drug-likeness (QED) is 0.912. The minimum absolute atomic E-state index is 0.573. The van der Waals surface area contributed by atoms with E-state index < -0.39 is 0 Å². The molecule has 0 aliphatic carbocycles. The second-order valence-corrected chi connectivity index (χ2v) is 5.18. The van der Waals surface area contributed by atoms with Crippen LogP contribution in [0, 0.1) is 0 Å². The molecule has 1 fully saturated rings. The van der Waals surface area contributed by atoms with Crippen LogP contribution in [0.25, 0.3) is 10.8 Å². The van der Waals surface area contributed by atoms with Crippen LogP contribution in [0.5, 0.6) is 0 Å². The third-order valence-corrected chi connectivity index (χ3v) is 3.94. The van der Waals surface area contributed by atoms with Crippen molar-refractivity contribution >= 4 is 16.6 Å². The molecule has 2 N–H and O–H groups in total. The highest BCUT2D eigenvalue weighted by Gasteiger charge is 2.26. The third-order valence-electron chi connectivity index (χ3n) is 3.94. The third kappa shape index (κ3) is 2.40. The number of rotatable bonds is 4. The highest BCUT2D eigenvalue weighted by atomic mass is 15.3. The summed E-state index contributed by atoms with van der Waals surface area (Å²) < 4.78 is 0. The second-order valence-electron chi connectivity index (χ2n) is 5.18. The molecular formula is C15H20N4. The van der Waals surface area contributed by atoms with E-state index in [-0.39, 0.29) is 0 Å². The van der Waals surface area contributed by atoms with Crippen LogP contribution < -0.4 is 10.6 Å². The molecule has 2 aromatic rings. The zero-order valence-corrected chi connectivity index (χ0v) is 11.1. The normalized spacial score (nSPS) is 19.2. The molecule has 0 bridgehead atoms. The largest absolute Gasteiger partial charge is 0.352 e. The molecular weight excluding hydrogens is 236 g/mol. The molecule has 1 saturated heterocycles. The van der Waals surface area contributed by atoms with Gasteiger partial charge in [-0.2, -0.15) is 5.10 Å². The Morgan fingerprint density at radius 1 is 1.32 bits per heavy atom. The van der Waals surface area contributed by atoms with Gasteiger partial charge in [0.05, 0.1) is 6.20 Å². The molecule has 1 atom stereocenters. The summed E-state index contributed by atoms with van der Waals surface area (Å²) in [5.74, 6) is 1.04. The SMILES string of the molecule is NCCCC1CCCN1c1nncc2ccccc12. The average molecular weight is 256 g/mol. The lowest BCUT2D eigenvalue weighted by Crippen LogP contribution is -2.30. The van der Waals surface area contributed by atoms with Crippen LogP contribution in [0.3, 0.4) is 0 Å². The predicted molar refractivity (Wildman–Crippen MR) is 78.2 cm³/mol. The lowest BCUT2D eigenvalue weighted by Gasteiger charge is -2.26. The summed E-state index contributed by atoms with van der Waals surface area (Å²) in [7, 11) is 0. The zero-order chi connectivity index (χ0) is 13.1. The maximum Gasteiger partial charge on any atom is 0.159 e. The first-order chi connectivity index (χ1) is 9.40. The molecule has 1 aromatic heterocycles. The summed E-state index contributed by atoms with van der Waals surface area (Å²) in [6.07, 6.45) is 6.55. The van der Waals surface area contributed by atoms with Crippen molar-refractivity contribution < 1.29 is 0 Å². The summed E-state index contributed by atoms with van der Waals surface area (Å²) in [4.78, 5) is 2.42. The van der Waals surface area contributed by atoms with Gasteiger partial charge in [0.1, 0.15) is 0 Å². The van der Waals surface area contributed by atoms with Gasteiger partial charge in [-0.15, -0.1) is 5.10 Å². The molecule has 1 aromatic carbocycles. The Labute approximate surface area is 113 Å². The fraction of sp³-hybridized carbons (Fsp3) is 0.467. The van der Waals surface area contributed by atoms with E-state index in [4.69, 9.17) is 5.73 Å². The van der Waals surface area contributed by atoms with Crippen molar-refractivity contribution in [1.82, 2.24) is 10.2 Å². The van der Waals surface area contributed by atoms with Gasteiger partial charge < -0.3 is 10.6 Å². The number of nitrogens with two attached hydrogens (primary N) is 1. The molecule has 100 valence electrons. The van der Waals surface area contributed by atoms with Gasteiger partial charge in [0.15, 0.2) is 5.82 Å². The van der Waals surface area contributed by atoms with Crippen molar-refractivity contribution in [3.63, 3.8) is 0 Å². The van der Waals surface area contributed by atoms with E-state index in [2.05, 4.69) is 33.3 Å².